The van der Waals surface area contributed by atoms with Crippen LogP contribution in [0.4, 0.5) is 5.69 Å². The first-order valence-corrected chi connectivity index (χ1v) is 12.4. The van der Waals surface area contributed by atoms with Crippen LogP contribution in [-0.4, -0.2) is 70.1 Å². The largest absolute Gasteiger partial charge is 0.493 e. The van der Waals surface area contributed by atoms with Crippen molar-refractivity contribution in [2.24, 2.45) is 0 Å². The van der Waals surface area contributed by atoms with Crippen molar-refractivity contribution in [3.8, 4) is 11.5 Å². The van der Waals surface area contributed by atoms with E-state index in [2.05, 4.69) is 5.32 Å². The molecule has 9 nitrogen and oxygen atoms in total. The molecule has 2 amide bonds. The Morgan fingerprint density at radius 2 is 1.97 bits per heavy atom. The van der Waals surface area contributed by atoms with Crippen LogP contribution in [0.1, 0.15) is 40.9 Å². The van der Waals surface area contributed by atoms with Crippen molar-refractivity contribution >= 4 is 28.2 Å². The Labute approximate surface area is 201 Å². The number of benzene rings is 2. The number of rotatable bonds is 11. The predicted molar refractivity (Wildman–Crippen MR) is 130 cm³/mol. The molecule has 3 rings (SSSR count). The van der Waals surface area contributed by atoms with Crippen LogP contribution in [0.2, 0.25) is 0 Å². The van der Waals surface area contributed by atoms with Gasteiger partial charge in [-0.2, -0.15) is 0 Å². The van der Waals surface area contributed by atoms with Gasteiger partial charge in [0.15, 0.2) is 11.5 Å². The molecule has 1 atom stereocenters. The average Bonchev–Trinajstić information content (AvgIpc) is 3.11. The fraction of sp³-hybridized carbons (Fsp3) is 0.417. The van der Waals surface area contributed by atoms with Crippen molar-refractivity contribution in [1.29, 1.82) is 0 Å². The smallest absolute Gasteiger partial charge is 0.257 e. The highest BCUT2D eigenvalue weighted by Gasteiger charge is 2.36. The Morgan fingerprint density at radius 1 is 1.21 bits per heavy atom. The zero-order valence-electron chi connectivity index (χ0n) is 19.9. The van der Waals surface area contributed by atoms with E-state index < -0.39 is 16.7 Å². The number of hydrogen-bond donors (Lipinski definition) is 2. The summed E-state index contributed by atoms with van der Waals surface area (Å²) in [5.41, 5.74) is 2.42. The van der Waals surface area contributed by atoms with E-state index in [9.17, 15) is 18.0 Å². The number of amides is 2. The van der Waals surface area contributed by atoms with E-state index in [-0.39, 0.29) is 30.5 Å². The third-order valence-corrected chi connectivity index (χ3v) is 6.16. The van der Waals surface area contributed by atoms with E-state index in [0.29, 0.717) is 35.9 Å². The minimum absolute atomic E-state index is 0.0669. The minimum atomic E-state index is -2.62. The van der Waals surface area contributed by atoms with Gasteiger partial charge < -0.3 is 24.6 Å². The quantitative estimate of drug-likeness (QED) is 0.467. The lowest BCUT2D eigenvalue weighted by molar-refractivity contribution is -0.116. The van der Waals surface area contributed by atoms with Crippen LogP contribution in [0.3, 0.4) is 0 Å². The summed E-state index contributed by atoms with van der Waals surface area (Å²) >= 11 is 0. The summed E-state index contributed by atoms with van der Waals surface area (Å²) in [6, 6.07) is 10.2. The number of hydrogen-bond acceptors (Lipinski definition) is 7. The molecule has 0 spiro atoms. The van der Waals surface area contributed by atoms with Gasteiger partial charge in [0.25, 0.3) is 5.91 Å². The molecule has 0 saturated carbocycles. The number of carbonyl (C=O) groups is 2. The van der Waals surface area contributed by atoms with E-state index in [1.807, 2.05) is 19.1 Å². The van der Waals surface area contributed by atoms with E-state index >= 15 is 0 Å². The number of likely N-dealkylation sites (N-methyl/N-ethyl adjacent to an activating group) is 1. The van der Waals surface area contributed by atoms with Crippen LogP contribution in [-0.2, 0) is 22.0 Å². The maximum atomic E-state index is 13.6. The Bertz CT molecular complexity index is 1120. The second-order valence-electron chi connectivity index (χ2n) is 8.26. The van der Waals surface area contributed by atoms with E-state index in [4.69, 9.17) is 9.47 Å². The van der Waals surface area contributed by atoms with Crippen molar-refractivity contribution in [2.75, 3.05) is 45.4 Å². The number of methoxy groups -OCH3 is 1. The zero-order chi connectivity index (χ0) is 24.8. The highest BCUT2D eigenvalue weighted by molar-refractivity contribution is 7.72. The summed E-state index contributed by atoms with van der Waals surface area (Å²) in [6.07, 6.45) is 0.235. The van der Waals surface area contributed by atoms with Crippen molar-refractivity contribution in [2.45, 2.75) is 25.9 Å². The molecule has 2 aromatic rings. The van der Waals surface area contributed by atoms with Gasteiger partial charge in [0, 0.05) is 12.3 Å². The molecule has 1 aliphatic heterocycles. The van der Waals surface area contributed by atoms with Crippen LogP contribution in [0.15, 0.2) is 36.4 Å². The van der Waals surface area contributed by atoms with Crippen LogP contribution in [0, 0.1) is 0 Å². The second-order valence-corrected chi connectivity index (χ2v) is 9.38. The molecule has 1 unspecified atom stereocenters. The Morgan fingerprint density at radius 3 is 2.62 bits per heavy atom. The second kappa shape index (κ2) is 11.3. The highest BCUT2D eigenvalue weighted by atomic mass is 32.2. The average molecular weight is 490 g/mol. The molecule has 0 aliphatic carbocycles. The summed E-state index contributed by atoms with van der Waals surface area (Å²) in [6.45, 7) is 2.79. The first-order chi connectivity index (χ1) is 16.2. The maximum absolute atomic E-state index is 13.6. The number of nitrogens with one attached hydrogen (secondary N) is 1. The van der Waals surface area contributed by atoms with E-state index in [0.717, 1.165) is 11.1 Å². The molecule has 0 saturated heterocycles. The lowest BCUT2D eigenvalue weighted by Crippen LogP contribution is -2.31. The molecule has 1 N–H and O–H groups in total. The van der Waals surface area contributed by atoms with Gasteiger partial charge in [-0.05, 0) is 56.8 Å². The predicted octanol–water partition coefficient (Wildman–Crippen LogP) is 2.29. The molecule has 34 heavy (non-hydrogen) atoms. The standard InChI is InChI=1S/C24H31N3O6S/c1-5-33-21-13-16(9-10-20(21)32-4)19(11-12-34(30)31)27-14-17-7-6-8-18(23(17)24(27)29)25-22(28)15-26(2)3/h6-10,13,19,34H,5,11-12,14-15H2,1-4H3,(H,25,28). The third-order valence-electron chi connectivity index (χ3n) is 5.53. The van der Waals surface area contributed by atoms with Gasteiger partial charge >= 0.3 is 0 Å². The van der Waals surface area contributed by atoms with Gasteiger partial charge in [0.1, 0.15) is 10.7 Å². The van der Waals surface area contributed by atoms with Gasteiger partial charge in [-0.15, -0.1) is 0 Å². The van der Waals surface area contributed by atoms with Crippen LogP contribution >= 0.6 is 0 Å². The van der Waals surface area contributed by atoms with Crippen molar-refractivity contribution in [3.63, 3.8) is 0 Å². The normalized spacial score (nSPS) is 13.8. The van der Waals surface area contributed by atoms with Gasteiger partial charge in [-0.1, -0.05) is 18.2 Å². The first kappa shape index (κ1) is 25.5. The van der Waals surface area contributed by atoms with Crippen molar-refractivity contribution in [3.05, 3.63) is 53.1 Å². The molecule has 0 fully saturated rings. The number of fused-ring (bicyclic) bond motifs is 1. The lowest BCUT2D eigenvalue weighted by Gasteiger charge is -2.28. The molecule has 0 bridgehead atoms. The monoisotopic (exact) mass is 489 g/mol. The fourth-order valence-corrected chi connectivity index (χ4v) is 4.57. The zero-order valence-corrected chi connectivity index (χ0v) is 20.8. The summed E-state index contributed by atoms with van der Waals surface area (Å²) in [5.74, 6) is 0.542. The van der Waals surface area contributed by atoms with Gasteiger partial charge in [-0.3, -0.25) is 9.59 Å². The maximum Gasteiger partial charge on any atom is 0.257 e. The molecule has 10 heteroatoms. The molecule has 2 aromatic carbocycles. The molecular formula is C24H31N3O6S. The lowest BCUT2D eigenvalue weighted by atomic mass is 10.0. The van der Waals surface area contributed by atoms with Crippen molar-refractivity contribution in [1.82, 2.24) is 9.80 Å². The van der Waals surface area contributed by atoms with Gasteiger partial charge in [-0.25, -0.2) is 8.42 Å². The topological polar surface area (TPSA) is 105 Å². The SMILES string of the molecule is CCOc1cc(C(CC[SH](=O)=O)N2Cc3cccc(NC(=O)CN(C)C)c3C2=O)ccc1OC. The summed E-state index contributed by atoms with van der Waals surface area (Å²) in [4.78, 5) is 29.3. The summed E-state index contributed by atoms with van der Waals surface area (Å²) in [5, 5.41) is 2.83. The highest BCUT2D eigenvalue weighted by Crippen LogP contribution is 2.39. The Balaban J connectivity index is 1.96. The van der Waals surface area contributed by atoms with Gasteiger partial charge in [0.05, 0.1) is 37.6 Å². The number of thiol groups is 1. The first-order valence-electron chi connectivity index (χ1n) is 11.0. The van der Waals surface area contributed by atoms with Crippen LogP contribution < -0.4 is 14.8 Å². The van der Waals surface area contributed by atoms with E-state index in [1.54, 1.807) is 55.3 Å². The van der Waals surface area contributed by atoms with Crippen LogP contribution in [0.25, 0.3) is 0 Å². The molecule has 184 valence electrons. The Hall–Kier alpha value is -3.11. The van der Waals surface area contributed by atoms with Gasteiger partial charge in [0.2, 0.25) is 5.91 Å². The van der Waals surface area contributed by atoms with E-state index in [1.165, 1.54) is 0 Å². The number of carbonyl (C=O) groups excluding carboxylic acids is 2. The van der Waals surface area contributed by atoms with Crippen LogP contribution in [0.5, 0.6) is 11.5 Å². The molecule has 1 heterocycles. The summed E-state index contributed by atoms with van der Waals surface area (Å²) in [7, 11) is 2.51. The third kappa shape index (κ3) is 5.87. The van der Waals surface area contributed by atoms with Crippen molar-refractivity contribution < 1.29 is 27.5 Å². The number of anilines is 1. The minimum Gasteiger partial charge on any atom is -0.493 e. The molecule has 0 aromatic heterocycles. The fourth-order valence-electron chi connectivity index (χ4n) is 4.12. The number of nitrogens with zero attached hydrogens (tertiary/aromatic N) is 2. The number of ether oxygens (including phenoxy) is 2. The Kier molecular flexibility index (Phi) is 8.51. The molecule has 1 aliphatic rings. The molecule has 0 radical (unpaired) electrons. The molecular weight excluding hydrogens is 458 g/mol. The summed E-state index contributed by atoms with van der Waals surface area (Å²) < 4.78 is 33.9.